The fraction of sp³-hybridized carbons (Fsp3) is 0.0435. The molecule has 0 bridgehead atoms. The Labute approximate surface area is 209 Å². The van der Waals surface area contributed by atoms with Crippen molar-refractivity contribution in [3.05, 3.63) is 97.9 Å². The summed E-state index contributed by atoms with van der Waals surface area (Å²) in [6.45, 7) is -0.406. The molecule has 2 N–H and O–H groups in total. The molecule has 0 heterocycles. The maximum absolute atomic E-state index is 13.4. The molecule has 0 unspecified atom stereocenters. The van der Waals surface area contributed by atoms with Crippen LogP contribution in [0.4, 0.5) is 8.78 Å². The molecule has 174 valence electrons. The van der Waals surface area contributed by atoms with Crippen LogP contribution in [0.1, 0.15) is 26.3 Å². The summed E-state index contributed by atoms with van der Waals surface area (Å²) in [4.78, 5) is 36.4. The second-order valence-corrected chi connectivity index (χ2v) is 8.46. The van der Waals surface area contributed by atoms with Gasteiger partial charge in [0, 0.05) is 15.6 Å². The Morgan fingerprint density at radius 3 is 2.26 bits per heavy atom. The van der Waals surface area contributed by atoms with Gasteiger partial charge in [-0.25, -0.2) is 19.0 Å². The lowest BCUT2D eigenvalue weighted by Crippen LogP contribution is -2.34. The minimum Gasteiger partial charge on any atom is -0.421 e. The van der Waals surface area contributed by atoms with E-state index in [1.165, 1.54) is 42.6 Å². The van der Waals surface area contributed by atoms with E-state index in [1.807, 2.05) is 0 Å². The largest absolute Gasteiger partial charge is 0.421 e. The molecular weight excluding hydrogens is 580 g/mol. The van der Waals surface area contributed by atoms with Gasteiger partial charge >= 0.3 is 5.97 Å². The lowest BCUT2D eigenvalue weighted by molar-refractivity contribution is -0.120. The first-order valence-corrected chi connectivity index (χ1v) is 11.1. The van der Waals surface area contributed by atoms with Crippen molar-refractivity contribution in [2.45, 2.75) is 0 Å². The summed E-state index contributed by atoms with van der Waals surface area (Å²) in [5, 5.41) is 6.16. The molecule has 11 heteroatoms. The number of nitrogens with one attached hydrogen (secondary N) is 2. The van der Waals surface area contributed by atoms with Crippen LogP contribution in [0, 0.1) is 11.6 Å². The summed E-state index contributed by atoms with van der Waals surface area (Å²) in [5.74, 6) is -3.13. The first kappa shape index (κ1) is 25.2. The Morgan fingerprint density at radius 2 is 1.59 bits per heavy atom. The first-order chi connectivity index (χ1) is 16.2. The molecule has 3 aromatic carbocycles. The molecule has 0 aromatic heterocycles. The molecule has 0 aliphatic rings. The van der Waals surface area contributed by atoms with Crippen molar-refractivity contribution in [3.8, 4) is 5.75 Å². The molecule has 0 fully saturated rings. The number of hydrogen-bond donors (Lipinski definition) is 2. The Bertz CT molecular complexity index is 1280. The molecule has 0 spiro atoms. The third-order valence-electron chi connectivity index (χ3n) is 4.18. The topological polar surface area (TPSA) is 96.9 Å². The lowest BCUT2D eigenvalue weighted by atomic mass is 10.2. The van der Waals surface area contributed by atoms with Crippen molar-refractivity contribution >= 4 is 55.9 Å². The maximum atomic E-state index is 13.4. The van der Waals surface area contributed by atoms with Crippen LogP contribution in [-0.2, 0) is 4.79 Å². The predicted octanol–water partition coefficient (Wildman–Crippen LogP) is 4.59. The van der Waals surface area contributed by atoms with Crippen molar-refractivity contribution in [1.82, 2.24) is 10.7 Å². The first-order valence-electron chi connectivity index (χ1n) is 9.55. The zero-order chi connectivity index (χ0) is 24.7. The summed E-state index contributed by atoms with van der Waals surface area (Å²) in [5.41, 5.74) is 2.63. The Balaban J connectivity index is 1.65. The van der Waals surface area contributed by atoms with Crippen molar-refractivity contribution in [3.63, 3.8) is 0 Å². The fourth-order valence-electron chi connectivity index (χ4n) is 2.66. The number of carbonyl (C=O) groups excluding carboxylic acids is 3. The number of carbonyl (C=O) groups is 3. The van der Waals surface area contributed by atoms with Crippen LogP contribution >= 0.6 is 31.9 Å². The van der Waals surface area contributed by atoms with E-state index in [4.69, 9.17) is 4.74 Å². The van der Waals surface area contributed by atoms with Gasteiger partial charge in [0.2, 0.25) is 0 Å². The SMILES string of the molecule is O=C(CNC(=O)c1cccc(F)c1)N/N=C/c1cc(Br)cc(Br)c1OC(=O)c1cccc(F)c1. The molecule has 34 heavy (non-hydrogen) atoms. The van der Waals surface area contributed by atoms with Gasteiger partial charge in [-0.3, -0.25) is 9.59 Å². The number of ether oxygens (including phenoxy) is 1. The van der Waals surface area contributed by atoms with E-state index in [9.17, 15) is 23.2 Å². The van der Waals surface area contributed by atoms with E-state index >= 15 is 0 Å². The number of hydrazone groups is 1. The predicted molar refractivity (Wildman–Crippen MR) is 128 cm³/mol. The normalized spacial score (nSPS) is 10.7. The minimum absolute atomic E-state index is 0.0139. The van der Waals surface area contributed by atoms with Crippen LogP contribution in [-0.4, -0.2) is 30.5 Å². The van der Waals surface area contributed by atoms with E-state index in [-0.39, 0.29) is 16.9 Å². The number of hydrogen-bond acceptors (Lipinski definition) is 5. The maximum Gasteiger partial charge on any atom is 0.343 e. The van der Waals surface area contributed by atoms with Crippen LogP contribution in [0.3, 0.4) is 0 Å². The summed E-state index contributed by atoms with van der Waals surface area (Å²) in [7, 11) is 0. The highest BCUT2D eigenvalue weighted by atomic mass is 79.9. The van der Waals surface area contributed by atoms with Gasteiger partial charge in [-0.05, 0) is 64.5 Å². The van der Waals surface area contributed by atoms with Crippen molar-refractivity contribution < 1.29 is 27.9 Å². The number of halogens is 4. The van der Waals surface area contributed by atoms with Crippen molar-refractivity contribution in [2.75, 3.05) is 6.54 Å². The summed E-state index contributed by atoms with van der Waals surface area (Å²) < 4.78 is 33.1. The van der Waals surface area contributed by atoms with Gasteiger partial charge in [0.15, 0.2) is 5.75 Å². The van der Waals surface area contributed by atoms with Gasteiger partial charge in [-0.15, -0.1) is 0 Å². The summed E-state index contributed by atoms with van der Waals surface area (Å²) >= 11 is 6.61. The smallest absolute Gasteiger partial charge is 0.343 e. The number of nitrogens with zero attached hydrogens (tertiary/aromatic N) is 1. The fourth-order valence-corrected chi connectivity index (χ4v) is 4.00. The highest BCUT2D eigenvalue weighted by Gasteiger charge is 2.16. The van der Waals surface area contributed by atoms with Crippen LogP contribution in [0.5, 0.6) is 5.75 Å². The standard InChI is InChI=1S/C23H15Br2F2N3O4/c24-16-7-15(21(19(25)10-16)34-23(33)14-4-2-6-18(27)9-14)11-29-30-20(31)12-28-22(32)13-3-1-5-17(26)8-13/h1-11H,12H2,(H,28,32)(H,30,31)/b29-11+. The molecular formula is C23H15Br2F2N3O4. The van der Waals surface area contributed by atoms with E-state index in [0.717, 1.165) is 12.1 Å². The quantitative estimate of drug-likeness (QED) is 0.181. The highest BCUT2D eigenvalue weighted by molar-refractivity contribution is 9.11. The van der Waals surface area contributed by atoms with Gasteiger partial charge < -0.3 is 10.1 Å². The third-order valence-corrected chi connectivity index (χ3v) is 5.23. The number of amides is 2. The molecule has 0 saturated carbocycles. The second kappa shape index (κ2) is 11.6. The van der Waals surface area contributed by atoms with Crippen molar-refractivity contribution in [1.29, 1.82) is 0 Å². The molecule has 3 aromatic rings. The molecule has 3 rings (SSSR count). The van der Waals surface area contributed by atoms with Gasteiger partial charge in [0.05, 0.1) is 22.8 Å². The zero-order valence-corrected chi connectivity index (χ0v) is 20.3. The summed E-state index contributed by atoms with van der Waals surface area (Å²) in [6.07, 6.45) is 1.23. The van der Waals surface area contributed by atoms with Crippen LogP contribution < -0.4 is 15.5 Å². The minimum atomic E-state index is -0.790. The van der Waals surface area contributed by atoms with E-state index in [1.54, 1.807) is 12.1 Å². The average molecular weight is 595 g/mol. The molecule has 0 atom stereocenters. The monoisotopic (exact) mass is 593 g/mol. The zero-order valence-electron chi connectivity index (χ0n) is 17.2. The third kappa shape index (κ3) is 7.03. The molecule has 0 saturated heterocycles. The van der Waals surface area contributed by atoms with E-state index in [0.29, 0.717) is 14.5 Å². The van der Waals surface area contributed by atoms with Gasteiger partial charge in [0.25, 0.3) is 11.8 Å². The molecule has 0 radical (unpaired) electrons. The average Bonchev–Trinajstić information content (AvgIpc) is 2.79. The van der Waals surface area contributed by atoms with Crippen LogP contribution in [0.2, 0.25) is 0 Å². The Hall–Kier alpha value is -3.44. The second-order valence-electron chi connectivity index (χ2n) is 6.69. The summed E-state index contributed by atoms with van der Waals surface area (Å²) in [6, 6.07) is 13.3. The van der Waals surface area contributed by atoms with E-state index < -0.39 is 36.0 Å². The Kier molecular flexibility index (Phi) is 8.61. The number of esters is 1. The van der Waals surface area contributed by atoms with E-state index in [2.05, 4.69) is 47.7 Å². The Morgan fingerprint density at radius 1 is 0.941 bits per heavy atom. The van der Waals surface area contributed by atoms with Crippen LogP contribution in [0.15, 0.2) is 74.7 Å². The molecule has 0 aliphatic heterocycles. The lowest BCUT2D eigenvalue weighted by Gasteiger charge is -2.10. The van der Waals surface area contributed by atoms with Gasteiger partial charge in [-0.1, -0.05) is 28.1 Å². The van der Waals surface area contributed by atoms with Crippen molar-refractivity contribution in [2.24, 2.45) is 5.10 Å². The van der Waals surface area contributed by atoms with Gasteiger partial charge in [0.1, 0.15) is 11.6 Å². The van der Waals surface area contributed by atoms with Gasteiger partial charge in [-0.2, -0.15) is 5.10 Å². The molecule has 7 nitrogen and oxygen atoms in total. The number of rotatable bonds is 7. The molecule has 0 aliphatic carbocycles. The van der Waals surface area contributed by atoms with Crippen LogP contribution in [0.25, 0.3) is 0 Å². The molecule has 2 amide bonds. The highest BCUT2D eigenvalue weighted by Crippen LogP contribution is 2.32. The number of benzene rings is 3.